The molecule has 12 heavy (non-hydrogen) atoms. The summed E-state index contributed by atoms with van der Waals surface area (Å²) in [5.41, 5.74) is 0. The summed E-state index contributed by atoms with van der Waals surface area (Å²) in [5, 5.41) is 2.97. The molecule has 0 unspecified atom stereocenters. The second-order valence-corrected chi connectivity index (χ2v) is 2.49. The van der Waals surface area contributed by atoms with Crippen molar-refractivity contribution in [3.63, 3.8) is 0 Å². The summed E-state index contributed by atoms with van der Waals surface area (Å²) in [6.45, 7) is 1.35. The molecule has 0 spiro atoms. The van der Waals surface area contributed by atoms with Crippen molar-refractivity contribution in [2.45, 2.75) is 13.0 Å². The summed E-state index contributed by atoms with van der Waals surface area (Å²) in [7, 11) is 3.53. The lowest BCUT2D eigenvalue weighted by atomic mass is 10.4. The van der Waals surface area contributed by atoms with E-state index in [0.717, 1.165) is 18.1 Å². The quantitative estimate of drug-likeness (QED) is 0.702. The topological polar surface area (TPSA) is 47.3 Å². The van der Waals surface area contributed by atoms with Gasteiger partial charge in [0, 0.05) is 13.5 Å². The zero-order valence-corrected chi connectivity index (χ0v) is 7.46. The summed E-state index contributed by atoms with van der Waals surface area (Å²) in [6, 6.07) is 0. The highest BCUT2D eigenvalue weighted by atomic mass is 16.5. The normalized spacial score (nSPS) is 10.5. The van der Waals surface area contributed by atoms with Crippen molar-refractivity contribution in [2.75, 3.05) is 20.8 Å². The highest BCUT2D eigenvalue weighted by Crippen LogP contribution is 2.03. The van der Waals surface area contributed by atoms with Gasteiger partial charge in [-0.2, -0.15) is 0 Å². The SMILES string of the molecule is CNCc1ncc(CCOC)o1. The molecule has 0 atom stereocenters. The van der Waals surface area contributed by atoms with Crippen LogP contribution in [0.3, 0.4) is 0 Å². The molecule has 0 radical (unpaired) electrons. The molecule has 0 aliphatic heterocycles. The molecule has 4 nitrogen and oxygen atoms in total. The van der Waals surface area contributed by atoms with E-state index in [4.69, 9.17) is 9.15 Å². The first-order valence-corrected chi connectivity index (χ1v) is 3.94. The Kier molecular flexibility index (Phi) is 3.76. The predicted octanol–water partition coefficient (Wildman–Crippen LogP) is 0.583. The van der Waals surface area contributed by atoms with E-state index in [2.05, 4.69) is 10.3 Å². The minimum atomic E-state index is 0.674. The van der Waals surface area contributed by atoms with Gasteiger partial charge in [0.1, 0.15) is 5.76 Å². The van der Waals surface area contributed by atoms with Crippen molar-refractivity contribution in [3.8, 4) is 0 Å². The summed E-state index contributed by atoms with van der Waals surface area (Å²) < 4.78 is 10.3. The molecular weight excluding hydrogens is 156 g/mol. The van der Waals surface area contributed by atoms with E-state index in [-0.39, 0.29) is 0 Å². The Hall–Kier alpha value is -0.870. The third-order valence-electron chi connectivity index (χ3n) is 1.48. The molecule has 1 N–H and O–H groups in total. The highest BCUT2D eigenvalue weighted by Gasteiger charge is 2.01. The number of ether oxygens (including phenoxy) is 1. The van der Waals surface area contributed by atoms with E-state index in [9.17, 15) is 0 Å². The molecule has 1 heterocycles. The van der Waals surface area contributed by atoms with E-state index in [1.165, 1.54) is 0 Å². The molecule has 68 valence electrons. The monoisotopic (exact) mass is 170 g/mol. The van der Waals surface area contributed by atoms with Crippen molar-refractivity contribution >= 4 is 0 Å². The van der Waals surface area contributed by atoms with E-state index in [1.807, 2.05) is 7.05 Å². The van der Waals surface area contributed by atoms with Crippen molar-refractivity contribution in [3.05, 3.63) is 17.8 Å². The van der Waals surface area contributed by atoms with Gasteiger partial charge in [0.25, 0.3) is 0 Å². The zero-order chi connectivity index (χ0) is 8.81. The maximum absolute atomic E-state index is 5.37. The van der Waals surface area contributed by atoms with E-state index < -0.39 is 0 Å². The summed E-state index contributed by atoms with van der Waals surface area (Å²) >= 11 is 0. The Labute approximate surface area is 71.9 Å². The number of methoxy groups -OCH3 is 1. The Morgan fingerprint density at radius 1 is 1.67 bits per heavy atom. The second-order valence-electron chi connectivity index (χ2n) is 2.49. The molecule has 0 fully saturated rings. The first kappa shape index (κ1) is 9.22. The van der Waals surface area contributed by atoms with E-state index >= 15 is 0 Å². The fraction of sp³-hybridized carbons (Fsp3) is 0.625. The van der Waals surface area contributed by atoms with Gasteiger partial charge in [-0.15, -0.1) is 0 Å². The Morgan fingerprint density at radius 2 is 2.50 bits per heavy atom. The maximum Gasteiger partial charge on any atom is 0.208 e. The molecule has 0 bridgehead atoms. The molecule has 4 heteroatoms. The summed E-state index contributed by atoms with van der Waals surface area (Å²) in [4.78, 5) is 4.07. The number of hydrogen-bond donors (Lipinski definition) is 1. The van der Waals surface area contributed by atoms with Crippen molar-refractivity contribution < 1.29 is 9.15 Å². The summed E-state index contributed by atoms with van der Waals surface area (Å²) in [6.07, 6.45) is 2.53. The number of aromatic nitrogens is 1. The van der Waals surface area contributed by atoms with Crippen LogP contribution in [-0.2, 0) is 17.7 Å². The van der Waals surface area contributed by atoms with Crippen molar-refractivity contribution in [1.82, 2.24) is 10.3 Å². The lowest BCUT2D eigenvalue weighted by Gasteiger charge is -1.94. The van der Waals surface area contributed by atoms with Crippen LogP contribution in [0.15, 0.2) is 10.6 Å². The molecule has 1 aromatic rings. The number of nitrogens with one attached hydrogen (secondary N) is 1. The van der Waals surface area contributed by atoms with Gasteiger partial charge in [-0.1, -0.05) is 0 Å². The number of hydrogen-bond acceptors (Lipinski definition) is 4. The van der Waals surface area contributed by atoms with Gasteiger partial charge < -0.3 is 14.5 Å². The molecule has 0 aromatic carbocycles. The highest BCUT2D eigenvalue weighted by molar-refractivity contribution is 4.93. The molecule has 0 saturated carbocycles. The van der Waals surface area contributed by atoms with Crippen LogP contribution < -0.4 is 5.32 Å². The van der Waals surface area contributed by atoms with Gasteiger partial charge in [0.05, 0.1) is 19.3 Å². The fourth-order valence-electron chi connectivity index (χ4n) is 0.899. The Balaban J connectivity index is 2.41. The Morgan fingerprint density at radius 3 is 3.17 bits per heavy atom. The minimum absolute atomic E-state index is 0.674. The van der Waals surface area contributed by atoms with Gasteiger partial charge >= 0.3 is 0 Å². The van der Waals surface area contributed by atoms with Crippen LogP contribution in [0, 0.1) is 0 Å². The van der Waals surface area contributed by atoms with Crippen LogP contribution in [-0.4, -0.2) is 25.7 Å². The van der Waals surface area contributed by atoms with Crippen molar-refractivity contribution in [2.24, 2.45) is 0 Å². The smallest absolute Gasteiger partial charge is 0.208 e. The second kappa shape index (κ2) is 4.90. The first-order chi connectivity index (χ1) is 5.86. The molecule has 1 rings (SSSR count). The molecule has 1 aromatic heterocycles. The third kappa shape index (κ3) is 2.64. The molecule has 0 aliphatic carbocycles. The minimum Gasteiger partial charge on any atom is -0.444 e. The lowest BCUT2D eigenvalue weighted by molar-refractivity contribution is 0.196. The van der Waals surface area contributed by atoms with Crippen molar-refractivity contribution in [1.29, 1.82) is 0 Å². The van der Waals surface area contributed by atoms with Crippen LogP contribution in [0.25, 0.3) is 0 Å². The van der Waals surface area contributed by atoms with Gasteiger partial charge in [-0.05, 0) is 7.05 Å². The lowest BCUT2D eigenvalue weighted by Crippen LogP contribution is -2.04. The number of rotatable bonds is 5. The number of oxazole rings is 1. The summed E-state index contributed by atoms with van der Waals surface area (Å²) in [5.74, 6) is 1.60. The molecule has 0 amide bonds. The van der Waals surface area contributed by atoms with Crippen LogP contribution in [0.2, 0.25) is 0 Å². The van der Waals surface area contributed by atoms with Gasteiger partial charge in [0.15, 0.2) is 0 Å². The molecular formula is C8H14N2O2. The van der Waals surface area contributed by atoms with Gasteiger partial charge in [-0.25, -0.2) is 4.98 Å². The molecule has 0 saturated heterocycles. The first-order valence-electron chi connectivity index (χ1n) is 3.94. The van der Waals surface area contributed by atoms with E-state index in [0.29, 0.717) is 13.2 Å². The molecule has 0 aliphatic rings. The fourth-order valence-corrected chi connectivity index (χ4v) is 0.899. The Bertz CT molecular complexity index is 223. The van der Waals surface area contributed by atoms with Crippen LogP contribution in [0.5, 0.6) is 0 Å². The van der Waals surface area contributed by atoms with Crippen LogP contribution in [0.1, 0.15) is 11.7 Å². The van der Waals surface area contributed by atoms with E-state index in [1.54, 1.807) is 13.3 Å². The van der Waals surface area contributed by atoms with Crippen LogP contribution >= 0.6 is 0 Å². The maximum atomic E-state index is 5.37. The average Bonchev–Trinajstić information content (AvgIpc) is 2.50. The van der Waals surface area contributed by atoms with Crippen LogP contribution in [0.4, 0.5) is 0 Å². The third-order valence-corrected chi connectivity index (χ3v) is 1.48. The van der Waals surface area contributed by atoms with Gasteiger partial charge in [-0.3, -0.25) is 0 Å². The standard InChI is InChI=1S/C8H14N2O2/c1-9-6-8-10-5-7(12-8)3-4-11-2/h5,9H,3-4,6H2,1-2H3. The zero-order valence-electron chi connectivity index (χ0n) is 7.46. The largest absolute Gasteiger partial charge is 0.444 e. The predicted molar refractivity (Wildman–Crippen MR) is 44.8 cm³/mol. The average molecular weight is 170 g/mol. The van der Waals surface area contributed by atoms with Gasteiger partial charge in [0.2, 0.25) is 5.89 Å². The number of nitrogens with zero attached hydrogens (tertiary/aromatic N) is 1.